The van der Waals surface area contributed by atoms with Gasteiger partial charge in [-0.2, -0.15) is 8.42 Å². The van der Waals surface area contributed by atoms with E-state index in [0.29, 0.717) is 5.56 Å². The first-order chi connectivity index (χ1) is 8.00. The van der Waals surface area contributed by atoms with Crippen LogP contribution in [0.5, 0.6) is 0 Å². The van der Waals surface area contributed by atoms with Crippen LogP contribution < -0.4 is 5.56 Å². The van der Waals surface area contributed by atoms with E-state index >= 15 is 0 Å². The molecule has 6 nitrogen and oxygen atoms in total. The summed E-state index contributed by atoms with van der Waals surface area (Å²) in [6.45, 7) is 0. The van der Waals surface area contributed by atoms with Crippen LogP contribution in [-0.4, -0.2) is 22.8 Å². The van der Waals surface area contributed by atoms with Gasteiger partial charge in [-0.25, -0.2) is 4.68 Å². The fraction of sp³-hybridized carbons (Fsp3) is 0.100. The van der Waals surface area contributed by atoms with E-state index in [1.54, 1.807) is 18.2 Å². The zero-order valence-electron chi connectivity index (χ0n) is 8.65. The summed E-state index contributed by atoms with van der Waals surface area (Å²) < 4.78 is 32.8. The summed E-state index contributed by atoms with van der Waals surface area (Å²) >= 11 is 0. The Bertz CT molecular complexity index is 657. The second-order valence-electron chi connectivity index (χ2n) is 3.45. The van der Waals surface area contributed by atoms with Crippen LogP contribution in [0.1, 0.15) is 10.9 Å². The molecule has 0 saturated carbocycles. The molecule has 0 fully saturated rings. The van der Waals surface area contributed by atoms with Crippen molar-refractivity contribution in [1.82, 2.24) is 9.78 Å². The topological polar surface area (TPSA) is 92.2 Å². The molecule has 0 spiro atoms. The molecule has 7 heteroatoms. The zero-order valence-corrected chi connectivity index (χ0v) is 9.46. The van der Waals surface area contributed by atoms with Gasteiger partial charge in [0.1, 0.15) is 0 Å². The first-order valence-corrected chi connectivity index (χ1v) is 6.27. The molecule has 2 aromatic rings. The minimum absolute atomic E-state index is 0.305. The van der Waals surface area contributed by atoms with E-state index in [2.05, 4.69) is 5.10 Å². The van der Waals surface area contributed by atoms with Gasteiger partial charge < -0.3 is 5.10 Å². The zero-order chi connectivity index (χ0) is 12.5. The fourth-order valence-electron chi connectivity index (χ4n) is 1.59. The molecule has 1 unspecified atom stereocenters. The summed E-state index contributed by atoms with van der Waals surface area (Å²) in [6.07, 6.45) is 1.31. The predicted octanol–water partition coefficient (Wildman–Crippen LogP) is 0.611. The van der Waals surface area contributed by atoms with Gasteiger partial charge in [0.25, 0.3) is 15.7 Å². The number of H-pyrrole nitrogens is 1. The number of benzene rings is 1. The summed E-state index contributed by atoms with van der Waals surface area (Å²) in [4.78, 5) is 11.4. The Hall–Kier alpha value is -1.86. The highest BCUT2D eigenvalue weighted by Crippen LogP contribution is 2.20. The molecule has 0 aliphatic rings. The minimum Gasteiger partial charge on any atom is -0.301 e. The number of aromatic nitrogens is 2. The molecule has 0 bridgehead atoms. The van der Waals surface area contributed by atoms with Crippen molar-refractivity contribution in [1.29, 1.82) is 0 Å². The maximum absolute atomic E-state index is 11.4. The van der Waals surface area contributed by atoms with Crippen LogP contribution in [0.3, 0.4) is 0 Å². The number of nitrogens with one attached hydrogen (secondary N) is 1. The maximum atomic E-state index is 11.4. The van der Waals surface area contributed by atoms with Gasteiger partial charge >= 0.3 is 0 Å². The van der Waals surface area contributed by atoms with E-state index < -0.39 is 21.1 Å². The lowest BCUT2D eigenvalue weighted by Crippen LogP contribution is -2.29. The van der Waals surface area contributed by atoms with Gasteiger partial charge in [0.2, 0.25) is 5.37 Å². The van der Waals surface area contributed by atoms with Crippen LogP contribution in [0.15, 0.2) is 47.4 Å². The third-order valence-electron chi connectivity index (χ3n) is 2.28. The highest BCUT2D eigenvalue weighted by Gasteiger charge is 2.28. The summed E-state index contributed by atoms with van der Waals surface area (Å²) in [5.74, 6) is 0. The first-order valence-electron chi connectivity index (χ1n) is 4.77. The number of rotatable bonds is 3. The molecule has 0 saturated heterocycles. The number of hydrogen-bond donors (Lipinski definition) is 2. The second kappa shape index (κ2) is 4.19. The lowest BCUT2D eigenvalue weighted by Gasteiger charge is -2.14. The Morgan fingerprint density at radius 1 is 1.18 bits per heavy atom. The molecule has 1 aromatic heterocycles. The SMILES string of the molecule is O=c1cc[nH]n1C(c1ccccc1)S(=O)(=O)O. The van der Waals surface area contributed by atoms with Crippen molar-refractivity contribution in [3.05, 3.63) is 58.5 Å². The molecule has 2 rings (SSSR count). The monoisotopic (exact) mass is 254 g/mol. The van der Waals surface area contributed by atoms with Crippen LogP contribution in [0, 0.1) is 0 Å². The van der Waals surface area contributed by atoms with E-state index in [-0.39, 0.29) is 0 Å². The molecule has 0 amide bonds. The van der Waals surface area contributed by atoms with Crippen molar-refractivity contribution >= 4 is 10.1 Å². The quantitative estimate of drug-likeness (QED) is 0.785. The van der Waals surface area contributed by atoms with E-state index in [1.807, 2.05) is 0 Å². The minimum atomic E-state index is -4.43. The highest BCUT2D eigenvalue weighted by molar-refractivity contribution is 7.86. The van der Waals surface area contributed by atoms with Crippen LogP contribution in [0.25, 0.3) is 0 Å². The van der Waals surface area contributed by atoms with Gasteiger partial charge in [-0.3, -0.25) is 9.35 Å². The van der Waals surface area contributed by atoms with Crippen molar-refractivity contribution in [3.8, 4) is 0 Å². The highest BCUT2D eigenvalue weighted by atomic mass is 32.2. The van der Waals surface area contributed by atoms with E-state index in [0.717, 1.165) is 4.68 Å². The smallest absolute Gasteiger partial charge is 0.292 e. The van der Waals surface area contributed by atoms with Gasteiger partial charge in [-0.15, -0.1) is 0 Å². The van der Waals surface area contributed by atoms with Crippen LogP contribution in [-0.2, 0) is 10.1 Å². The van der Waals surface area contributed by atoms with Gasteiger partial charge in [-0.1, -0.05) is 30.3 Å². The lowest BCUT2D eigenvalue weighted by atomic mass is 10.2. The number of aromatic amines is 1. The van der Waals surface area contributed by atoms with Crippen LogP contribution in [0.2, 0.25) is 0 Å². The number of hydrogen-bond acceptors (Lipinski definition) is 3. The Kier molecular flexibility index (Phi) is 2.86. The maximum Gasteiger partial charge on any atom is 0.292 e. The first kappa shape index (κ1) is 11.6. The van der Waals surface area contributed by atoms with Crippen molar-refractivity contribution in [3.63, 3.8) is 0 Å². The Morgan fingerprint density at radius 2 is 1.82 bits per heavy atom. The largest absolute Gasteiger partial charge is 0.301 e. The average Bonchev–Trinajstić information content (AvgIpc) is 2.65. The Labute approximate surface area is 97.3 Å². The molecule has 0 aliphatic carbocycles. The predicted molar refractivity (Wildman–Crippen MR) is 61.2 cm³/mol. The van der Waals surface area contributed by atoms with Crippen molar-refractivity contribution in [2.45, 2.75) is 5.37 Å². The third-order valence-corrected chi connectivity index (χ3v) is 3.33. The van der Waals surface area contributed by atoms with Crippen LogP contribution >= 0.6 is 0 Å². The average molecular weight is 254 g/mol. The molecule has 0 radical (unpaired) electrons. The van der Waals surface area contributed by atoms with Crippen molar-refractivity contribution in [2.75, 3.05) is 0 Å². The molecular formula is C10H10N2O4S. The summed E-state index contributed by atoms with van der Waals surface area (Å²) in [5.41, 5.74) is -0.226. The second-order valence-corrected chi connectivity index (χ2v) is 4.93. The molecule has 1 aromatic carbocycles. The van der Waals surface area contributed by atoms with E-state index in [4.69, 9.17) is 0 Å². The molecule has 1 heterocycles. The lowest BCUT2D eigenvalue weighted by molar-refractivity contribution is 0.447. The molecular weight excluding hydrogens is 244 g/mol. The fourth-order valence-corrected chi connectivity index (χ4v) is 2.52. The molecule has 1 atom stereocenters. The standard InChI is InChI=1S/C10H10N2O4S/c13-9-6-7-11-12(9)10(17(14,15)16)8-4-2-1-3-5-8/h1-7,10-11H,(H,14,15,16). The molecule has 90 valence electrons. The molecule has 17 heavy (non-hydrogen) atoms. The Morgan fingerprint density at radius 3 is 2.29 bits per heavy atom. The van der Waals surface area contributed by atoms with E-state index in [1.165, 1.54) is 24.4 Å². The summed E-state index contributed by atoms with van der Waals surface area (Å²) in [7, 11) is -4.43. The van der Waals surface area contributed by atoms with Crippen molar-refractivity contribution in [2.24, 2.45) is 0 Å². The Balaban J connectivity index is 2.64. The third kappa shape index (κ3) is 2.29. The van der Waals surface area contributed by atoms with E-state index in [9.17, 15) is 17.8 Å². The van der Waals surface area contributed by atoms with Gasteiger partial charge in [-0.05, 0) is 5.56 Å². The number of nitrogens with zero attached hydrogens (tertiary/aromatic N) is 1. The van der Waals surface area contributed by atoms with Gasteiger partial charge in [0, 0.05) is 12.3 Å². The summed E-state index contributed by atoms with van der Waals surface area (Å²) in [5, 5.41) is 1.02. The molecule has 0 aliphatic heterocycles. The summed E-state index contributed by atoms with van der Waals surface area (Å²) in [6, 6.07) is 9.18. The normalized spacial score (nSPS) is 13.5. The van der Waals surface area contributed by atoms with Crippen molar-refractivity contribution < 1.29 is 13.0 Å². The molecule has 2 N–H and O–H groups in total. The van der Waals surface area contributed by atoms with Gasteiger partial charge in [0.15, 0.2) is 0 Å². The van der Waals surface area contributed by atoms with Crippen LogP contribution in [0.4, 0.5) is 0 Å². The van der Waals surface area contributed by atoms with Gasteiger partial charge in [0.05, 0.1) is 0 Å².